The summed E-state index contributed by atoms with van der Waals surface area (Å²) in [6.07, 6.45) is 1.83. The van der Waals surface area contributed by atoms with E-state index in [2.05, 4.69) is 22.0 Å². The lowest BCUT2D eigenvalue weighted by atomic mass is 10.1. The van der Waals surface area contributed by atoms with Crippen LogP contribution in [-0.2, 0) is 16.1 Å². The number of thioether (sulfide) groups is 1. The van der Waals surface area contributed by atoms with Crippen LogP contribution in [0.25, 0.3) is 6.08 Å². The number of halogens is 1. The average molecular weight is 632 g/mol. The molecule has 10 heteroatoms. The Kier molecular flexibility index (Phi) is 9.19. The Morgan fingerprint density at radius 2 is 1.95 bits per heavy atom. The Morgan fingerprint density at radius 1 is 1.15 bits per heavy atom. The molecule has 0 bridgehead atoms. The van der Waals surface area contributed by atoms with E-state index in [1.807, 2.05) is 61.5 Å². The van der Waals surface area contributed by atoms with E-state index in [0.717, 1.165) is 15.6 Å². The quantitative estimate of drug-likeness (QED) is 0.297. The van der Waals surface area contributed by atoms with Crippen LogP contribution in [0.2, 0.25) is 0 Å². The lowest BCUT2D eigenvalue weighted by Gasteiger charge is -2.26. The van der Waals surface area contributed by atoms with Gasteiger partial charge in [-0.15, -0.1) is 0 Å². The highest BCUT2D eigenvalue weighted by molar-refractivity contribution is 9.10. The third kappa shape index (κ3) is 6.70. The van der Waals surface area contributed by atoms with Gasteiger partial charge >= 0.3 is 0 Å². The summed E-state index contributed by atoms with van der Waals surface area (Å²) in [4.78, 5) is 34.8. The predicted octanol–water partition coefficient (Wildman–Crippen LogP) is 6.00. The fourth-order valence-corrected chi connectivity index (χ4v) is 6.00. The zero-order valence-corrected chi connectivity index (χ0v) is 24.8. The molecule has 0 atom stereocenters. The van der Waals surface area contributed by atoms with Crippen LogP contribution in [0.15, 0.2) is 81.1 Å². The maximum Gasteiger partial charge on any atom is 0.266 e. The summed E-state index contributed by atoms with van der Waals surface area (Å²) in [6, 6.07) is 22.3. The molecule has 208 valence electrons. The Labute approximate surface area is 251 Å². The van der Waals surface area contributed by atoms with Crippen molar-refractivity contribution in [2.24, 2.45) is 4.99 Å². The molecule has 3 aromatic carbocycles. The van der Waals surface area contributed by atoms with Crippen molar-refractivity contribution in [2.45, 2.75) is 13.5 Å². The van der Waals surface area contributed by atoms with Gasteiger partial charge in [0.1, 0.15) is 12.4 Å². The maximum atomic E-state index is 13.2. The van der Waals surface area contributed by atoms with Crippen LogP contribution in [0.1, 0.15) is 34.0 Å². The lowest BCUT2D eigenvalue weighted by molar-refractivity contribution is -0.122. The first kappa shape index (κ1) is 28.6. The third-order valence-corrected chi connectivity index (χ3v) is 8.22. The Morgan fingerprint density at radius 3 is 2.71 bits per heavy atom. The molecule has 0 aliphatic carbocycles. The highest BCUT2D eigenvalue weighted by Gasteiger charge is 2.32. The highest BCUT2D eigenvalue weighted by Crippen LogP contribution is 2.35. The summed E-state index contributed by atoms with van der Waals surface area (Å²) in [5.74, 6) is 0.460. The minimum atomic E-state index is -0.124. The Bertz CT molecular complexity index is 1580. The van der Waals surface area contributed by atoms with Crippen molar-refractivity contribution in [3.05, 3.63) is 98.4 Å². The van der Waals surface area contributed by atoms with Crippen molar-refractivity contribution < 1.29 is 19.1 Å². The number of rotatable bonds is 7. The van der Waals surface area contributed by atoms with E-state index < -0.39 is 0 Å². The number of hydrogen-bond acceptors (Lipinski definition) is 7. The van der Waals surface area contributed by atoms with Crippen molar-refractivity contribution >= 4 is 56.4 Å². The van der Waals surface area contributed by atoms with Crippen molar-refractivity contribution in [3.8, 4) is 11.8 Å². The van der Waals surface area contributed by atoms with E-state index in [-0.39, 0.29) is 18.4 Å². The summed E-state index contributed by atoms with van der Waals surface area (Å²) < 4.78 is 12.0. The molecule has 2 amide bonds. The topological polar surface area (TPSA) is 95.2 Å². The predicted molar refractivity (Wildman–Crippen MR) is 163 cm³/mol. The molecule has 2 saturated heterocycles. The van der Waals surface area contributed by atoms with E-state index in [0.29, 0.717) is 65.5 Å². The molecule has 2 fully saturated rings. The number of aliphatic imine (C=N–C) groups is 1. The second-order valence-corrected chi connectivity index (χ2v) is 11.1. The number of carbonyl (C=O) groups excluding carboxylic acids is 2. The molecule has 2 aliphatic heterocycles. The fraction of sp³-hybridized carbons (Fsp3) is 0.226. The van der Waals surface area contributed by atoms with Crippen LogP contribution in [0.4, 0.5) is 5.69 Å². The Hall–Kier alpha value is -3.91. The molecular formula is C31H27BrN4O4S. The highest BCUT2D eigenvalue weighted by atomic mass is 79.9. The Balaban J connectivity index is 1.31. The molecule has 2 aliphatic rings. The van der Waals surface area contributed by atoms with Crippen LogP contribution in [0, 0.1) is 11.3 Å². The standard InChI is InChI=1S/C31H27BrN4O4S/c1-2-36-30(38)28(17-21-10-11-27(26(32)16-21)40-20-24-7-4-3-6-23(24)19-33)41-31(36)34-25-9-5-8-22(18-25)29(37)35-12-14-39-15-13-35/h3-11,16-18H,2,12-15,20H2,1H3/b28-17+,34-31?. The number of benzene rings is 3. The van der Waals surface area contributed by atoms with Crippen molar-refractivity contribution in [3.63, 3.8) is 0 Å². The second kappa shape index (κ2) is 13.2. The molecule has 0 radical (unpaired) electrons. The van der Waals surface area contributed by atoms with Gasteiger partial charge in [0.15, 0.2) is 5.17 Å². The van der Waals surface area contributed by atoms with Gasteiger partial charge in [-0.1, -0.05) is 30.3 Å². The molecule has 0 spiro atoms. The molecule has 5 rings (SSSR count). The number of amidine groups is 1. The van der Waals surface area contributed by atoms with Crippen molar-refractivity contribution in [1.82, 2.24) is 9.80 Å². The van der Waals surface area contributed by atoms with Gasteiger partial charge in [-0.05, 0) is 82.7 Å². The lowest BCUT2D eigenvalue weighted by Crippen LogP contribution is -2.40. The molecule has 3 aromatic rings. The fourth-order valence-electron chi connectivity index (χ4n) is 4.42. The van der Waals surface area contributed by atoms with Gasteiger partial charge < -0.3 is 14.4 Å². The zero-order valence-electron chi connectivity index (χ0n) is 22.4. The number of morpholine rings is 1. The molecule has 41 heavy (non-hydrogen) atoms. The van der Waals surface area contributed by atoms with Crippen LogP contribution >= 0.6 is 27.7 Å². The second-order valence-electron chi connectivity index (χ2n) is 9.26. The summed E-state index contributed by atoms with van der Waals surface area (Å²) in [5.41, 5.74) is 3.39. The zero-order chi connectivity index (χ0) is 28.8. The molecule has 0 saturated carbocycles. The van der Waals surface area contributed by atoms with Gasteiger partial charge in [0, 0.05) is 30.8 Å². The molecule has 0 N–H and O–H groups in total. The van der Waals surface area contributed by atoms with E-state index in [9.17, 15) is 14.9 Å². The van der Waals surface area contributed by atoms with E-state index in [1.165, 1.54) is 11.8 Å². The molecule has 8 nitrogen and oxygen atoms in total. The van der Waals surface area contributed by atoms with Gasteiger partial charge in [0.05, 0.1) is 39.9 Å². The number of amides is 2. The molecule has 0 aromatic heterocycles. The van der Waals surface area contributed by atoms with Gasteiger partial charge in [-0.25, -0.2) is 4.99 Å². The number of ether oxygens (including phenoxy) is 2. The van der Waals surface area contributed by atoms with E-state index in [1.54, 1.807) is 28.0 Å². The number of carbonyl (C=O) groups is 2. The van der Waals surface area contributed by atoms with E-state index >= 15 is 0 Å². The largest absolute Gasteiger partial charge is 0.488 e. The van der Waals surface area contributed by atoms with Crippen LogP contribution < -0.4 is 4.74 Å². The normalized spacial score (nSPS) is 17.2. The van der Waals surface area contributed by atoms with E-state index in [4.69, 9.17) is 14.5 Å². The number of likely N-dealkylation sites (N-methyl/N-ethyl adjacent to an activating group) is 1. The summed E-state index contributed by atoms with van der Waals surface area (Å²) >= 11 is 4.87. The minimum absolute atomic E-state index is 0.0503. The molecule has 2 heterocycles. The first-order valence-corrected chi connectivity index (χ1v) is 14.8. The minimum Gasteiger partial charge on any atom is -0.488 e. The number of hydrogen-bond donors (Lipinski definition) is 0. The molecule has 0 unspecified atom stereocenters. The summed E-state index contributed by atoms with van der Waals surface area (Å²) in [6.45, 7) is 4.85. The first-order valence-electron chi connectivity index (χ1n) is 13.1. The van der Waals surface area contributed by atoms with Crippen molar-refractivity contribution in [1.29, 1.82) is 5.26 Å². The summed E-state index contributed by atoms with van der Waals surface area (Å²) in [7, 11) is 0. The van der Waals surface area contributed by atoms with Gasteiger partial charge in [-0.3, -0.25) is 14.5 Å². The number of nitrogens with zero attached hydrogens (tertiary/aromatic N) is 4. The number of nitriles is 1. The monoisotopic (exact) mass is 630 g/mol. The first-order chi connectivity index (χ1) is 20.0. The van der Waals surface area contributed by atoms with Gasteiger partial charge in [0.2, 0.25) is 0 Å². The third-order valence-electron chi connectivity index (χ3n) is 6.60. The van der Waals surface area contributed by atoms with Crippen LogP contribution in [0.3, 0.4) is 0 Å². The van der Waals surface area contributed by atoms with Crippen LogP contribution in [-0.4, -0.2) is 59.6 Å². The molecular weight excluding hydrogens is 604 g/mol. The SMILES string of the molecule is CCN1C(=O)/C(=C\c2ccc(OCc3ccccc3C#N)c(Br)c2)SC1=Nc1cccc(C(=O)N2CCOCC2)c1. The maximum absolute atomic E-state index is 13.2. The average Bonchev–Trinajstić information content (AvgIpc) is 3.29. The van der Waals surface area contributed by atoms with Crippen molar-refractivity contribution in [2.75, 3.05) is 32.8 Å². The van der Waals surface area contributed by atoms with Gasteiger partial charge in [-0.2, -0.15) is 5.26 Å². The smallest absolute Gasteiger partial charge is 0.266 e. The summed E-state index contributed by atoms with van der Waals surface area (Å²) in [5, 5.41) is 9.87. The van der Waals surface area contributed by atoms with Gasteiger partial charge in [0.25, 0.3) is 11.8 Å². The van der Waals surface area contributed by atoms with Crippen LogP contribution in [0.5, 0.6) is 5.75 Å².